The molecule has 4 rings (SSSR count). The molecule has 1 aromatic heterocycles. The molecular formula is C21H21FN4O4. The molecule has 0 unspecified atom stereocenters. The van der Waals surface area contributed by atoms with Gasteiger partial charge in [0.05, 0.1) is 36.7 Å². The Morgan fingerprint density at radius 1 is 1.30 bits per heavy atom. The lowest BCUT2D eigenvalue weighted by atomic mass is 9.95. The molecule has 0 spiro atoms. The molecule has 2 aliphatic heterocycles. The van der Waals surface area contributed by atoms with Crippen LogP contribution in [-0.4, -0.2) is 47.3 Å². The third-order valence-electron chi connectivity index (χ3n) is 5.17. The summed E-state index contributed by atoms with van der Waals surface area (Å²) in [7, 11) is 0. The smallest absolute Gasteiger partial charge is 0.322 e. The van der Waals surface area contributed by atoms with E-state index in [0.29, 0.717) is 29.1 Å². The number of amides is 4. The second-order valence-corrected chi connectivity index (χ2v) is 7.06. The van der Waals surface area contributed by atoms with Crippen molar-refractivity contribution in [2.75, 3.05) is 19.6 Å². The van der Waals surface area contributed by atoms with Crippen molar-refractivity contribution >= 4 is 17.8 Å². The third kappa shape index (κ3) is 3.66. The maximum absolute atomic E-state index is 13.8. The molecule has 8 nitrogen and oxygen atoms in total. The molecule has 0 saturated carbocycles. The van der Waals surface area contributed by atoms with Crippen LogP contribution < -0.4 is 10.6 Å². The van der Waals surface area contributed by atoms with Crippen molar-refractivity contribution in [1.82, 2.24) is 20.4 Å². The van der Waals surface area contributed by atoms with Gasteiger partial charge < -0.3 is 20.0 Å². The van der Waals surface area contributed by atoms with Crippen molar-refractivity contribution in [3.63, 3.8) is 0 Å². The number of nitrogens with one attached hydrogen (secondary N) is 2. The number of nitrogens with zero attached hydrogens (tertiary/aromatic N) is 2. The topological polar surface area (TPSA) is 94.9 Å². The summed E-state index contributed by atoms with van der Waals surface area (Å²) >= 11 is 0. The predicted molar refractivity (Wildman–Crippen MR) is 104 cm³/mol. The van der Waals surface area contributed by atoms with Crippen molar-refractivity contribution in [2.45, 2.75) is 19.5 Å². The summed E-state index contributed by atoms with van der Waals surface area (Å²) in [5, 5.41) is 5.49. The van der Waals surface area contributed by atoms with Gasteiger partial charge in [0.15, 0.2) is 0 Å². The van der Waals surface area contributed by atoms with Gasteiger partial charge in [-0.3, -0.25) is 14.5 Å². The van der Waals surface area contributed by atoms with E-state index in [2.05, 4.69) is 10.6 Å². The van der Waals surface area contributed by atoms with Crippen molar-refractivity contribution in [2.24, 2.45) is 0 Å². The molecule has 1 atom stereocenters. The van der Waals surface area contributed by atoms with Gasteiger partial charge in [-0.05, 0) is 36.8 Å². The van der Waals surface area contributed by atoms with Crippen LogP contribution in [0.2, 0.25) is 0 Å². The number of rotatable bonds is 6. The summed E-state index contributed by atoms with van der Waals surface area (Å²) in [6.45, 7) is 2.36. The van der Waals surface area contributed by atoms with E-state index in [1.165, 1.54) is 34.3 Å². The van der Waals surface area contributed by atoms with Crippen LogP contribution in [0.4, 0.5) is 9.18 Å². The molecule has 0 radical (unpaired) electrons. The number of carbonyl (C=O) groups is 3. The minimum atomic E-state index is -0.769. The maximum Gasteiger partial charge on any atom is 0.322 e. The van der Waals surface area contributed by atoms with Crippen LogP contribution >= 0.6 is 0 Å². The highest BCUT2D eigenvalue weighted by molar-refractivity contribution is 6.03. The summed E-state index contributed by atoms with van der Waals surface area (Å²) in [4.78, 5) is 40.9. The van der Waals surface area contributed by atoms with Gasteiger partial charge in [-0.2, -0.15) is 0 Å². The van der Waals surface area contributed by atoms with Crippen LogP contribution in [0.3, 0.4) is 0 Å². The highest BCUT2D eigenvalue weighted by Gasteiger charge is 2.44. The minimum Gasteiger partial charge on any atom is -0.467 e. The van der Waals surface area contributed by atoms with Gasteiger partial charge in [0, 0.05) is 6.54 Å². The Kier molecular flexibility index (Phi) is 5.26. The van der Waals surface area contributed by atoms with Crippen LogP contribution in [0.25, 0.3) is 0 Å². The zero-order valence-corrected chi connectivity index (χ0v) is 16.4. The number of halogens is 1. The van der Waals surface area contributed by atoms with E-state index in [-0.39, 0.29) is 37.5 Å². The van der Waals surface area contributed by atoms with Gasteiger partial charge in [0.25, 0.3) is 5.91 Å². The highest BCUT2D eigenvalue weighted by atomic mass is 19.1. The largest absolute Gasteiger partial charge is 0.467 e. The van der Waals surface area contributed by atoms with Crippen molar-refractivity contribution in [3.05, 3.63) is 71.1 Å². The van der Waals surface area contributed by atoms with Crippen molar-refractivity contribution < 1.29 is 23.2 Å². The average molecular weight is 412 g/mol. The molecule has 4 amide bonds. The number of furan rings is 1. The van der Waals surface area contributed by atoms with Crippen LogP contribution in [-0.2, 0) is 16.1 Å². The SMILES string of the molecule is CCN1C(=O)N[C@@H](c2cccc(F)c2)C2=C1CN(CC(=O)NCc1ccco1)C2=O. The Hall–Kier alpha value is -3.62. The van der Waals surface area contributed by atoms with Gasteiger partial charge >= 0.3 is 6.03 Å². The maximum atomic E-state index is 13.8. The predicted octanol–water partition coefficient (Wildman–Crippen LogP) is 1.92. The fourth-order valence-electron chi connectivity index (χ4n) is 3.77. The first-order chi connectivity index (χ1) is 14.5. The Morgan fingerprint density at radius 2 is 2.13 bits per heavy atom. The molecule has 0 fully saturated rings. The average Bonchev–Trinajstić information content (AvgIpc) is 3.35. The van der Waals surface area contributed by atoms with E-state index in [1.54, 1.807) is 25.1 Å². The van der Waals surface area contributed by atoms with Crippen LogP contribution in [0.5, 0.6) is 0 Å². The molecular weight excluding hydrogens is 391 g/mol. The normalized spacial score (nSPS) is 18.5. The molecule has 0 saturated heterocycles. The Balaban J connectivity index is 1.54. The van der Waals surface area contributed by atoms with E-state index in [9.17, 15) is 18.8 Å². The quantitative estimate of drug-likeness (QED) is 0.758. The summed E-state index contributed by atoms with van der Waals surface area (Å²) in [5.41, 5.74) is 1.38. The number of hydrogen-bond donors (Lipinski definition) is 2. The summed E-state index contributed by atoms with van der Waals surface area (Å²) in [6.07, 6.45) is 1.51. The summed E-state index contributed by atoms with van der Waals surface area (Å²) in [5.74, 6) is -0.553. The number of hydrogen-bond acceptors (Lipinski definition) is 4. The molecule has 2 aliphatic rings. The molecule has 2 N–H and O–H groups in total. The lowest BCUT2D eigenvalue weighted by Gasteiger charge is -2.32. The molecule has 0 aliphatic carbocycles. The Morgan fingerprint density at radius 3 is 2.83 bits per heavy atom. The van der Waals surface area contributed by atoms with E-state index in [1.807, 2.05) is 0 Å². The number of carbonyl (C=O) groups excluding carboxylic acids is 3. The molecule has 3 heterocycles. The van der Waals surface area contributed by atoms with Crippen molar-refractivity contribution in [3.8, 4) is 0 Å². The zero-order chi connectivity index (χ0) is 21.3. The fourth-order valence-corrected chi connectivity index (χ4v) is 3.77. The molecule has 2 aromatic rings. The second kappa shape index (κ2) is 8.02. The highest BCUT2D eigenvalue weighted by Crippen LogP contribution is 2.36. The van der Waals surface area contributed by atoms with Gasteiger partial charge in [0.2, 0.25) is 5.91 Å². The molecule has 9 heteroatoms. The molecule has 30 heavy (non-hydrogen) atoms. The van der Waals surface area contributed by atoms with Crippen molar-refractivity contribution in [1.29, 1.82) is 0 Å². The monoisotopic (exact) mass is 412 g/mol. The van der Waals surface area contributed by atoms with E-state index >= 15 is 0 Å². The number of urea groups is 1. The van der Waals surface area contributed by atoms with Gasteiger partial charge in [-0.15, -0.1) is 0 Å². The van der Waals surface area contributed by atoms with E-state index in [0.717, 1.165) is 0 Å². The van der Waals surface area contributed by atoms with Gasteiger partial charge in [-0.1, -0.05) is 12.1 Å². The van der Waals surface area contributed by atoms with Gasteiger partial charge in [0.1, 0.15) is 18.1 Å². The second-order valence-electron chi connectivity index (χ2n) is 7.06. The molecule has 156 valence electrons. The zero-order valence-electron chi connectivity index (χ0n) is 16.4. The molecule has 0 bridgehead atoms. The van der Waals surface area contributed by atoms with E-state index in [4.69, 9.17) is 4.42 Å². The number of likely N-dealkylation sites (N-methyl/N-ethyl adjacent to an activating group) is 1. The summed E-state index contributed by atoms with van der Waals surface area (Å²) in [6, 6.07) is 8.12. The third-order valence-corrected chi connectivity index (χ3v) is 5.17. The Bertz CT molecular complexity index is 1020. The Labute approximate surface area is 172 Å². The van der Waals surface area contributed by atoms with Crippen LogP contribution in [0.1, 0.15) is 24.3 Å². The minimum absolute atomic E-state index is 0.134. The first-order valence-corrected chi connectivity index (χ1v) is 9.62. The first-order valence-electron chi connectivity index (χ1n) is 9.62. The lowest BCUT2D eigenvalue weighted by molar-refractivity contribution is -0.132. The molecule has 1 aromatic carbocycles. The number of benzene rings is 1. The standard InChI is InChI=1S/C21H21FN4O4/c1-2-26-16-11-25(12-17(27)23-10-15-7-4-8-30-15)20(28)18(16)19(24-21(26)29)13-5-3-6-14(22)9-13/h3-9,19H,2,10-12H2,1H3,(H,23,27)(H,24,29)/t19-/m0/s1. The lowest BCUT2D eigenvalue weighted by Crippen LogP contribution is -2.47. The fraction of sp³-hybridized carbons (Fsp3) is 0.286. The van der Waals surface area contributed by atoms with Gasteiger partial charge in [-0.25, -0.2) is 9.18 Å². The van der Waals surface area contributed by atoms with E-state index < -0.39 is 11.9 Å². The first kappa shape index (κ1) is 19.7. The van der Waals surface area contributed by atoms with Crippen LogP contribution in [0, 0.1) is 5.82 Å². The van der Waals surface area contributed by atoms with Crippen LogP contribution in [0.15, 0.2) is 58.3 Å². The summed E-state index contributed by atoms with van der Waals surface area (Å²) < 4.78 is 18.9.